The van der Waals surface area contributed by atoms with Crippen molar-refractivity contribution in [2.24, 2.45) is 0 Å². The molecule has 0 aliphatic heterocycles. The number of carbonyl (C=O) groups is 1. The normalized spacial score (nSPS) is 10.6. The van der Waals surface area contributed by atoms with Gasteiger partial charge in [-0.3, -0.25) is 4.79 Å². The minimum atomic E-state index is -1.02. The molecule has 0 N–H and O–H groups in total. The monoisotopic (exact) mass is 328 g/mol. The summed E-state index contributed by atoms with van der Waals surface area (Å²) in [6, 6.07) is 6.09. The molecule has 19 heavy (non-hydrogen) atoms. The van der Waals surface area contributed by atoms with Gasteiger partial charge in [-0.25, -0.2) is 13.2 Å². The van der Waals surface area contributed by atoms with Crippen LogP contribution in [0.15, 0.2) is 34.8 Å². The Bertz CT molecular complexity index is 648. The van der Waals surface area contributed by atoms with Gasteiger partial charge in [0.05, 0.1) is 11.1 Å². The number of hydrogen-bond donors (Lipinski definition) is 0. The van der Waals surface area contributed by atoms with E-state index >= 15 is 0 Å². The quantitative estimate of drug-likeness (QED) is 0.746. The number of hydrogen-bond acceptors (Lipinski definition) is 1. The van der Waals surface area contributed by atoms with Crippen LogP contribution in [-0.2, 0) is 0 Å². The van der Waals surface area contributed by atoms with Crippen molar-refractivity contribution in [2.75, 3.05) is 0 Å². The fourth-order valence-corrected chi connectivity index (χ4v) is 2.23. The lowest BCUT2D eigenvalue weighted by Crippen LogP contribution is -2.11. The Morgan fingerprint density at radius 3 is 2.26 bits per heavy atom. The number of benzene rings is 2. The van der Waals surface area contributed by atoms with Gasteiger partial charge in [0.15, 0.2) is 0 Å². The minimum Gasteiger partial charge on any atom is -0.288 e. The van der Waals surface area contributed by atoms with Gasteiger partial charge >= 0.3 is 0 Å². The molecule has 2 aromatic carbocycles. The Labute approximate surface area is 116 Å². The number of carbonyl (C=O) groups excluding carboxylic acids is 1. The van der Waals surface area contributed by atoms with E-state index in [0.29, 0.717) is 0 Å². The highest BCUT2D eigenvalue weighted by atomic mass is 79.9. The lowest BCUT2D eigenvalue weighted by molar-refractivity contribution is 0.102. The summed E-state index contributed by atoms with van der Waals surface area (Å²) in [4.78, 5) is 12.1. The summed E-state index contributed by atoms with van der Waals surface area (Å²) in [6.45, 7) is 1.40. The molecule has 0 aromatic heterocycles. The average Bonchev–Trinajstić information content (AvgIpc) is 2.34. The molecule has 0 radical (unpaired) electrons. The van der Waals surface area contributed by atoms with E-state index < -0.39 is 28.8 Å². The van der Waals surface area contributed by atoms with E-state index in [0.717, 1.165) is 12.1 Å². The summed E-state index contributed by atoms with van der Waals surface area (Å²) >= 11 is 3.01. The van der Waals surface area contributed by atoms with Crippen molar-refractivity contribution in [1.29, 1.82) is 0 Å². The maximum Gasteiger partial charge on any atom is 0.203 e. The molecule has 0 amide bonds. The van der Waals surface area contributed by atoms with Crippen LogP contribution in [0.5, 0.6) is 0 Å². The van der Waals surface area contributed by atoms with E-state index in [-0.39, 0.29) is 15.6 Å². The standard InChI is InChI=1S/C14H8BrF3O/c1-7-5-6-10(17)12(13(7)18)14(19)11-8(15)3-2-4-9(11)16/h2-6H,1H3. The number of ketones is 1. The molecule has 2 aromatic rings. The van der Waals surface area contributed by atoms with Crippen LogP contribution in [0.2, 0.25) is 0 Å². The number of halogens is 4. The molecule has 0 aliphatic carbocycles. The van der Waals surface area contributed by atoms with Gasteiger partial charge in [-0.15, -0.1) is 0 Å². The molecule has 2 rings (SSSR count). The fourth-order valence-electron chi connectivity index (χ4n) is 1.70. The van der Waals surface area contributed by atoms with Crippen molar-refractivity contribution in [3.63, 3.8) is 0 Å². The first-order chi connectivity index (χ1) is 8.93. The molecule has 0 saturated carbocycles. The van der Waals surface area contributed by atoms with Gasteiger partial charge in [0.1, 0.15) is 17.5 Å². The predicted molar refractivity (Wildman–Crippen MR) is 68.6 cm³/mol. The van der Waals surface area contributed by atoms with Crippen LogP contribution in [0.1, 0.15) is 21.5 Å². The summed E-state index contributed by atoms with van der Waals surface area (Å²) in [5.41, 5.74) is -1.01. The maximum absolute atomic E-state index is 13.9. The smallest absolute Gasteiger partial charge is 0.203 e. The van der Waals surface area contributed by atoms with Crippen molar-refractivity contribution < 1.29 is 18.0 Å². The van der Waals surface area contributed by atoms with Gasteiger partial charge in [-0.1, -0.05) is 12.1 Å². The zero-order valence-corrected chi connectivity index (χ0v) is 11.4. The third kappa shape index (κ3) is 2.42. The molecule has 0 heterocycles. The van der Waals surface area contributed by atoms with Crippen LogP contribution >= 0.6 is 15.9 Å². The van der Waals surface area contributed by atoms with Crippen LogP contribution in [0.25, 0.3) is 0 Å². The van der Waals surface area contributed by atoms with Crippen LogP contribution in [0.4, 0.5) is 13.2 Å². The van der Waals surface area contributed by atoms with Crippen molar-refractivity contribution in [3.8, 4) is 0 Å². The van der Waals surface area contributed by atoms with Crippen molar-refractivity contribution >= 4 is 21.7 Å². The molecule has 0 fully saturated rings. The van der Waals surface area contributed by atoms with E-state index in [1.54, 1.807) is 0 Å². The van der Waals surface area contributed by atoms with E-state index in [1.165, 1.54) is 25.1 Å². The highest BCUT2D eigenvalue weighted by Gasteiger charge is 2.24. The first kappa shape index (κ1) is 13.8. The van der Waals surface area contributed by atoms with Gasteiger partial charge in [0, 0.05) is 4.47 Å². The van der Waals surface area contributed by atoms with E-state index in [4.69, 9.17) is 0 Å². The number of aryl methyl sites for hydroxylation is 1. The summed E-state index contributed by atoms with van der Waals surface area (Å²) in [7, 11) is 0. The molecular formula is C14H8BrF3O. The summed E-state index contributed by atoms with van der Waals surface area (Å²) in [5, 5.41) is 0. The fraction of sp³-hybridized carbons (Fsp3) is 0.0714. The van der Waals surface area contributed by atoms with Gasteiger partial charge < -0.3 is 0 Å². The maximum atomic E-state index is 13.9. The Morgan fingerprint density at radius 2 is 1.63 bits per heavy atom. The van der Waals surface area contributed by atoms with Gasteiger partial charge in [0.25, 0.3) is 0 Å². The molecule has 98 valence electrons. The zero-order chi connectivity index (χ0) is 14.2. The Morgan fingerprint density at radius 1 is 1.00 bits per heavy atom. The SMILES string of the molecule is Cc1ccc(F)c(C(=O)c2c(F)cccc2Br)c1F. The predicted octanol–water partition coefficient (Wildman–Crippen LogP) is 4.41. The van der Waals surface area contributed by atoms with Crippen molar-refractivity contribution in [2.45, 2.75) is 6.92 Å². The Balaban J connectivity index is 2.67. The van der Waals surface area contributed by atoms with Crippen molar-refractivity contribution in [1.82, 2.24) is 0 Å². The van der Waals surface area contributed by atoms with Crippen LogP contribution < -0.4 is 0 Å². The highest BCUT2D eigenvalue weighted by Crippen LogP contribution is 2.26. The van der Waals surface area contributed by atoms with Gasteiger partial charge in [-0.05, 0) is 46.6 Å². The van der Waals surface area contributed by atoms with E-state index in [9.17, 15) is 18.0 Å². The summed E-state index contributed by atoms with van der Waals surface area (Å²) in [5.74, 6) is -3.84. The lowest BCUT2D eigenvalue weighted by Gasteiger charge is -2.08. The average molecular weight is 329 g/mol. The second-order valence-corrected chi connectivity index (χ2v) is 4.83. The zero-order valence-electron chi connectivity index (χ0n) is 9.81. The highest BCUT2D eigenvalue weighted by molar-refractivity contribution is 9.10. The Kier molecular flexibility index (Phi) is 3.75. The summed E-state index contributed by atoms with van der Waals surface area (Å²) in [6.07, 6.45) is 0. The Hall–Kier alpha value is -1.62. The van der Waals surface area contributed by atoms with Crippen LogP contribution in [0, 0.1) is 24.4 Å². The lowest BCUT2D eigenvalue weighted by atomic mass is 10.00. The van der Waals surface area contributed by atoms with Gasteiger partial charge in [-0.2, -0.15) is 0 Å². The second kappa shape index (κ2) is 5.17. The van der Waals surface area contributed by atoms with Crippen LogP contribution in [0.3, 0.4) is 0 Å². The largest absolute Gasteiger partial charge is 0.288 e. The van der Waals surface area contributed by atoms with E-state index in [2.05, 4.69) is 15.9 Å². The second-order valence-electron chi connectivity index (χ2n) is 3.98. The first-order valence-electron chi connectivity index (χ1n) is 5.36. The van der Waals surface area contributed by atoms with Crippen LogP contribution in [-0.4, -0.2) is 5.78 Å². The third-order valence-corrected chi connectivity index (χ3v) is 3.36. The molecule has 0 atom stereocenters. The molecule has 0 unspecified atom stereocenters. The molecule has 0 aliphatic rings. The molecule has 1 nitrogen and oxygen atoms in total. The molecule has 0 bridgehead atoms. The van der Waals surface area contributed by atoms with Crippen molar-refractivity contribution in [3.05, 3.63) is 68.9 Å². The van der Waals surface area contributed by atoms with E-state index in [1.807, 2.05) is 0 Å². The summed E-state index contributed by atoms with van der Waals surface area (Å²) < 4.78 is 41.3. The third-order valence-electron chi connectivity index (χ3n) is 2.70. The minimum absolute atomic E-state index is 0.122. The molecular weight excluding hydrogens is 321 g/mol. The topological polar surface area (TPSA) is 17.1 Å². The molecule has 5 heteroatoms. The first-order valence-corrected chi connectivity index (χ1v) is 6.16. The molecule has 0 spiro atoms. The number of rotatable bonds is 2. The molecule has 0 saturated heterocycles. The van der Waals surface area contributed by atoms with Gasteiger partial charge in [0.2, 0.25) is 5.78 Å².